The first-order valence-electron chi connectivity index (χ1n) is 4.81. The first kappa shape index (κ1) is 11.2. The third-order valence-electron chi connectivity index (χ3n) is 1.75. The van der Waals surface area contributed by atoms with Crippen molar-refractivity contribution in [2.45, 2.75) is 13.8 Å². The Kier molecular flexibility index (Phi) is 4.34. The fourth-order valence-corrected chi connectivity index (χ4v) is 0.978. The van der Waals surface area contributed by atoms with E-state index in [4.69, 9.17) is 4.74 Å². The Bertz CT molecular complexity index is 347. The van der Waals surface area contributed by atoms with E-state index >= 15 is 0 Å². The molecule has 15 heavy (non-hydrogen) atoms. The van der Waals surface area contributed by atoms with Crippen LogP contribution in [0.1, 0.15) is 13.8 Å². The van der Waals surface area contributed by atoms with E-state index in [9.17, 15) is 4.79 Å². The van der Waals surface area contributed by atoms with Crippen LogP contribution in [0.2, 0.25) is 0 Å². The highest BCUT2D eigenvalue weighted by Gasteiger charge is 2.12. The lowest BCUT2D eigenvalue weighted by atomic mass is 10.3. The van der Waals surface area contributed by atoms with Gasteiger partial charge in [0.05, 0.1) is 12.3 Å². The number of carbonyl (C=O) groups excluding carboxylic acids is 1. The van der Waals surface area contributed by atoms with Gasteiger partial charge in [-0.05, 0) is 19.1 Å². The topological polar surface area (TPSA) is 52.3 Å². The quantitative estimate of drug-likeness (QED) is 0.419. The van der Waals surface area contributed by atoms with Gasteiger partial charge in [-0.15, -0.1) is 5.10 Å². The Hall–Kier alpha value is -1.84. The SMILES string of the molecule is CCOC(=O)/C(C)=[NH+]\Nc1ccccc1. The number of hydrazone groups is 1. The number of ether oxygens (including phenoxy) is 1. The Morgan fingerprint density at radius 1 is 1.40 bits per heavy atom. The summed E-state index contributed by atoms with van der Waals surface area (Å²) >= 11 is 0. The number of hydrogen-bond acceptors (Lipinski definition) is 3. The molecule has 2 N–H and O–H groups in total. The molecule has 0 aromatic heterocycles. The summed E-state index contributed by atoms with van der Waals surface area (Å²) < 4.78 is 4.81. The van der Waals surface area contributed by atoms with Crippen molar-refractivity contribution in [2.24, 2.45) is 0 Å². The van der Waals surface area contributed by atoms with Crippen LogP contribution in [0.5, 0.6) is 0 Å². The van der Waals surface area contributed by atoms with Crippen LogP contribution in [-0.4, -0.2) is 18.3 Å². The highest BCUT2D eigenvalue weighted by Crippen LogP contribution is 2.00. The van der Waals surface area contributed by atoms with Crippen LogP contribution in [0.15, 0.2) is 30.3 Å². The van der Waals surface area contributed by atoms with Gasteiger partial charge in [0, 0.05) is 6.92 Å². The van der Waals surface area contributed by atoms with E-state index in [1.165, 1.54) is 0 Å². The minimum absolute atomic E-state index is 0.346. The molecule has 0 bridgehead atoms. The molecule has 4 heteroatoms. The second-order valence-electron chi connectivity index (χ2n) is 2.96. The average molecular weight is 207 g/mol. The lowest BCUT2D eigenvalue weighted by Gasteiger charge is -1.97. The summed E-state index contributed by atoms with van der Waals surface area (Å²) in [7, 11) is 0. The number of hydrogen-bond donors (Lipinski definition) is 2. The third kappa shape index (κ3) is 3.81. The molecule has 1 aromatic rings. The summed E-state index contributed by atoms with van der Waals surface area (Å²) in [6.45, 7) is 3.81. The molecule has 0 radical (unpaired) electrons. The van der Waals surface area contributed by atoms with Gasteiger partial charge in [-0.2, -0.15) is 5.43 Å². The lowest BCUT2D eigenvalue weighted by molar-refractivity contribution is -0.419. The number of hydrazine groups is 1. The predicted octanol–water partition coefficient (Wildman–Crippen LogP) is 0.118. The monoisotopic (exact) mass is 207 g/mol. The molecule has 0 saturated heterocycles. The zero-order valence-electron chi connectivity index (χ0n) is 8.91. The van der Waals surface area contributed by atoms with E-state index in [-0.39, 0.29) is 5.97 Å². The van der Waals surface area contributed by atoms with Gasteiger partial charge in [0.1, 0.15) is 0 Å². The highest BCUT2D eigenvalue weighted by atomic mass is 16.5. The summed E-state index contributed by atoms with van der Waals surface area (Å²) in [5, 5.41) is 2.78. The van der Waals surface area contributed by atoms with Crippen LogP contribution in [-0.2, 0) is 9.53 Å². The largest absolute Gasteiger partial charge is 0.458 e. The molecule has 1 rings (SSSR count). The Labute approximate surface area is 88.9 Å². The molecule has 0 aliphatic carbocycles. The molecule has 0 atom stereocenters. The zero-order chi connectivity index (χ0) is 11.1. The molecule has 0 fully saturated rings. The molecule has 0 amide bonds. The molecule has 1 aromatic carbocycles. The van der Waals surface area contributed by atoms with Crippen LogP contribution < -0.4 is 10.5 Å². The molecule has 80 valence electrons. The molecular weight excluding hydrogens is 192 g/mol. The van der Waals surface area contributed by atoms with E-state index < -0.39 is 0 Å². The Balaban J connectivity index is 2.54. The van der Waals surface area contributed by atoms with Gasteiger partial charge < -0.3 is 4.74 Å². The molecular formula is C11H15N2O2+. The van der Waals surface area contributed by atoms with Crippen molar-refractivity contribution in [3.63, 3.8) is 0 Å². The van der Waals surface area contributed by atoms with Crippen LogP contribution in [0.4, 0.5) is 5.69 Å². The second-order valence-corrected chi connectivity index (χ2v) is 2.96. The standard InChI is InChI=1S/C11H14N2O2/c1-3-15-11(14)9(2)12-13-10-7-5-4-6-8-10/h4-8,13H,3H2,1-2H3/p+1/b12-9-. The zero-order valence-corrected chi connectivity index (χ0v) is 8.91. The number of benzene rings is 1. The number of nitrogens with one attached hydrogen (secondary N) is 2. The summed E-state index contributed by atoms with van der Waals surface area (Å²) in [4.78, 5) is 11.2. The number of carbonyl (C=O) groups is 1. The maximum Gasteiger partial charge on any atom is 0.400 e. The van der Waals surface area contributed by atoms with Gasteiger partial charge >= 0.3 is 5.97 Å². The summed E-state index contributed by atoms with van der Waals surface area (Å²) in [5.74, 6) is -0.346. The summed E-state index contributed by atoms with van der Waals surface area (Å²) in [6.07, 6.45) is 0. The van der Waals surface area contributed by atoms with Crippen LogP contribution in [0.3, 0.4) is 0 Å². The van der Waals surface area contributed by atoms with E-state index in [0.717, 1.165) is 5.69 Å². The fraction of sp³-hybridized carbons (Fsp3) is 0.273. The molecule has 0 heterocycles. The normalized spacial score (nSPS) is 10.9. The minimum Gasteiger partial charge on any atom is -0.458 e. The molecule has 0 aliphatic rings. The first-order valence-corrected chi connectivity index (χ1v) is 4.81. The van der Waals surface area contributed by atoms with Gasteiger partial charge in [0.15, 0.2) is 0 Å². The van der Waals surface area contributed by atoms with Crippen molar-refractivity contribution in [2.75, 3.05) is 12.0 Å². The minimum atomic E-state index is -0.346. The fourth-order valence-electron chi connectivity index (χ4n) is 0.978. The average Bonchev–Trinajstić information content (AvgIpc) is 2.27. The number of rotatable bonds is 4. The van der Waals surface area contributed by atoms with Crippen molar-refractivity contribution < 1.29 is 14.6 Å². The maximum atomic E-state index is 11.2. The van der Waals surface area contributed by atoms with Crippen molar-refractivity contribution in [3.05, 3.63) is 30.3 Å². The van der Waals surface area contributed by atoms with Crippen molar-refractivity contribution >= 4 is 17.4 Å². The van der Waals surface area contributed by atoms with Crippen molar-refractivity contribution in [1.82, 2.24) is 0 Å². The van der Waals surface area contributed by atoms with E-state index in [1.807, 2.05) is 30.3 Å². The lowest BCUT2D eigenvalue weighted by Crippen LogP contribution is -2.78. The Morgan fingerprint density at radius 2 is 2.07 bits per heavy atom. The number of esters is 1. The molecule has 0 unspecified atom stereocenters. The molecule has 0 aliphatic heterocycles. The van der Waals surface area contributed by atoms with Gasteiger partial charge in [0.2, 0.25) is 0 Å². The molecule has 0 spiro atoms. The van der Waals surface area contributed by atoms with Gasteiger partial charge in [-0.3, -0.25) is 0 Å². The van der Waals surface area contributed by atoms with Crippen LogP contribution >= 0.6 is 0 Å². The van der Waals surface area contributed by atoms with Crippen molar-refractivity contribution in [3.8, 4) is 0 Å². The maximum absolute atomic E-state index is 11.2. The van der Waals surface area contributed by atoms with Gasteiger partial charge in [-0.25, -0.2) is 4.79 Å². The predicted molar refractivity (Wildman–Crippen MR) is 58.3 cm³/mol. The van der Waals surface area contributed by atoms with Gasteiger partial charge in [0.25, 0.3) is 5.71 Å². The van der Waals surface area contributed by atoms with Crippen LogP contribution in [0.25, 0.3) is 0 Å². The van der Waals surface area contributed by atoms with E-state index in [2.05, 4.69) is 10.5 Å². The third-order valence-corrected chi connectivity index (χ3v) is 1.75. The summed E-state index contributed by atoms with van der Waals surface area (Å²) in [6, 6.07) is 9.53. The summed E-state index contributed by atoms with van der Waals surface area (Å²) in [5.41, 5.74) is 4.22. The Morgan fingerprint density at radius 3 is 2.67 bits per heavy atom. The number of anilines is 1. The van der Waals surface area contributed by atoms with Crippen molar-refractivity contribution in [1.29, 1.82) is 0 Å². The molecule has 0 saturated carbocycles. The first-order chi connectivity index (χ1) is 7.24. The van der Waals surface area contributed by atoms with Crippen LogP contribution in [0, 0.1) is 0 Å². The molecule has 4 nitrogen and oxygen atoms in total. The van der Waals surface area contributed by atoms with E-state index in [1.54, 1.807) is 13.8 Å². The highest BCUT2D eigenvalue weighted by molar-refractivity contribution is 6.32. The number of para-hydroxylation sites is 1. The van der Waals surface area contributed by atoms with Gasteiger partial charge in [-0.1, -0.05) is 18.2 Å². The van der Waals surface area contributed by atoms with E-state index in [0.29, 0.717) is 12.3 Å². The smallest absolute Gasteiger partial charge is 0.400 e. The second kappa shape index (κ2) is 5.80.